The second kappa shape index (κ2) is 9.24. The molecule has 1 atom stereocenters. The van der Waals surface area contributed by atoms with E-state index in [-0.39, 0.29) is 5.91 Å². The molecule has 0 aliphatic rings. The van der Waals surface area contributed by atoms with E-state index in [2.05, 4.69) is 5.32 Å². The number of aryl methyl sites for hydroxylation is 2. The van der Waals surface area contributed by atoms with Gasteiger partial charge in [-0.2, -0.15) is 0 Å². The van der Waals surface area contributed by atoms with Gasteiger partial charge in [-0.3, -0.25) is 9.10 Å². The minimum atomic E-state index is -3.60. The summed E-state index contributed by atoms with van der Waals surface area (Å²) in [5, 5.41) is 3.53. The van der Waals surface area contributed by atoms with Crippen LogP contribution in [0.5, 0.6) is 0 Å². The maximum atomic E-state index is 12.5. The van der Waals surface area contributed by atoms with Crippen molar-refractivity contribution in [3.8, 4) is 0 Å². The number of hydrogen-bond acceptors (Lipinski definition) is 3. The first-order valence-electron chi connectivity index (χ1n) is 8.77. The van der Waals surface area contributed by atoms with Gasteiger partial charge in [-0.15, -0.1) is 0 Å². The van der Waals surface area contributed by atoms with Gasteiger partial charge >= 0.3 is 0 Å². The zero-order chi connectivity index (χ0) is 20.0. The van der Waals surface area contributed by atoms with Gasteiger partial charge in [-0.1, -0.05) is 47.5 Å². The smallest absolute Gasteiger partial charge is 0.243 e. The third-order valence-electron chi connectivity index (χ3n) is 4.26. The van der Waals surface area contributed by atoms with Crippen molar-refractivity contribution in [1.82, 2.24) is 5.32 Å². The van der Waals surface area contributed by atoms with E-state index in [4.69, 9.17) is 11.6 Å². The fourth-order valence-corrected chi connectivity index (χ4v) is 4.24. The molecule has 2 aromatic carbocycles. The van der Waals surface area contributed by atoms with Gasteiger partial charge in [-0.05, 0) is 50.5 Å². The SMILES string of the molecule is Cc1ccc(N(C(C)C(=O)NCCCc2ccccc2Cl)S(C)(=O)=O)cc1. The van der Waals surface area contributed by atoms with Gasteiger partial charge in [0.05, 0.1) is 11.9 Å². The number of rotatable bonds is 8. The van der Waals surface area contributed by atoms with Crippen LogP contribution in [0.2, 0.25) is 5.02 Å². The number of benzene rings is 2. The van der Waals surface area contributed by atoms with Gasteiger partial charge in [0.25, 0.3) is 0 Å². The molecule has 0 fully saturated rings. The highest BCUT2D eigenvalue weighted by Crippen LogP contribution is 2.21. The highest BCUT2D eigenvalue weighted by atomic mass is 35.5. The zero-order valence-corrected chi connectivity index (χ0v) is 17.3. The van der Waals surface area contributed by atoms with Gasteiger partial charge in [0.15, 0.2) is 0 Å². The summed E-state index contributed by atoms with van der Waals surface area (Å²) in [7, 11) is -3.60. The fraction of sp³-hybridized carbons (Fsp3) is 0.350. The van der Waals surface area contributed by atoms with Crippen LogP contribution in [-0.4, -0.2) is 33.2 Å². The minimum absolute atomic E-state index is 0.333. The number of amides is 1. The van der Waals surface area contributed by atoms with Crippen molar-refractivity contribution in [3.05, 3.63) is 64.7 Å². The zero-order valence-electron chi connectivity index (χ0n) is 15.8. The second-order valence-electron chi connectivity index (χ2n) is 6.56. The summed E-state index contributed by atoms with van der Waals surface area (Å²) in [6.07, 6.45) is 2.56. The van der Waals surface area contributed by atoms with Crippen molar-refractivity contribution in [2.24, 2.45) is 0 Å². The number of carbonyl (C=O) groups is 1. The second-order valence-corrected chi connectivity index (χ2v) is 8.82. The van der Waals surface area contributed by atoms with Crippen LogP contribution in [0.1, 0.15) is 24.5 Å². The number of anilines is 1. The molecule has 0 heterocycles. The first kappa shape index (κ1) is 21.3. The Morgan fingerprint density at radius 1 is 1.15 bits per heavy atom. The molecule has 5 nitrogen and oxygen atoms in total. The third kappa shape index (κ3) is 5.97. The Bertz CT molecular complexity index is 882. The normalized spacial score (nSPS) is 12.4. The summed E-state index contributed by atoms with van der Waals surface area (Å²) in [5.74, 6) is -0.333. The summed E-state index contributed by atoms with van der Waals surface area (Å²) < 4.78 is 25.6. The van der Waals surface area contributed by atoms with E-state index in [1.165, 1.54) is 0 Å². The van der Waals surface area contributed by atoms with E-state index in [9.17, 15) is 13.2 Å². The average molecular weight is 409 g/mol. The first-order chi connectivity index (χ1) is 12.7. The van der Waals surface area contributed by atoms with Gasteiger partial charge in [0.1, 0.15) is 6.04 Å². The quantitative estimate of drug-likeness (QED) is 0.679. The van der Waals surface area contributed by atoms with Crippen LogP contribution in [0.3, 0.4) is 0 Å². The molecule has 0 spiro atoms. The molecule has 2 rings (SSSR count). The van der Waals surface area contributed by atoms with Gasteiger partial charge < -0.3 is 5.32 Å². The van der Waals surface area contributed by atoms with Crippen molar-refractivity contribution in [2.45, 2.75) is 32.7 Å². The number of sulfonamides is 1. The van der Waals surface area contributed by atoms with E-state index in [1.54, 1.807) is 19.1 Å². The van der Waals surface area contributed by atoms with Crippen LogP contribution in [-0.2, 0) is 21.2 Å². The molecule has 1 N–H and O–H groups in total. The molecular weight excluding hydrogens is 384 g/mol. The molecule has 0 aliphatic heterocycles. The molecule has 7 heteroatoms. The molecule has 2 aromatic rings. The Hall–Kier alpha value is -2.05. The number of nitrogens with one attached hydrogen (secondary N) is 1. The highest BCUT2D eigenvalue weighted by Gasteiger charge is 2.28. The molecule has 0 aromatic heterocycles. The first-order valence-corrected chi connectivity index (χ1v) is 11.0. The Kier molecular flexibility index (Phi) is 7.27. The molecule has 0 radical (unpaired) electrons. The Labute approximate surface area is 166 Å². The number of hydrogen-bond donors (Lipinski definition) is 1. The molecule has 27 heavy (non-hydrogen) atoms. The molecule has 0 saturated heterocycles. The number of halogens is 1. The van der Waals surface area contributed by atoms with Crippen LogP contribution in [0.15, 0.2) is 48.5 Å². The van der Waals surface area contributed by atoms with Gasteiger partial charge in [0, 0.05) is 11.6 Å². The Morgan fingerprint density at radius 2 is 1.78 bits per heavy atom. The van der Waals surface area contributed by atoms with Crippen LogP contribution in [0.25, 0.3) is 0 Å². The van der Waals surface area contributed by atoms with Crippen LogP contribution >= 0.6 is 11.6 Å². The largest absolute Gasteiger partial charge is 0.354 e. The number of carbonyl (C=O) groups excluding carboxylic acids is 1. The van der Waals surface area contributed by atoms with Gasteiger partial charge in [-0.25, -0.2) is 8.42 Å². The Morgan fingerprint density at radius 3 is 2.37 bits per heavy atom. The van der Waals surface area contributed by atoms with Gasteiger partial charge in [0.2, 0.25) is 15.9 Å². The Balaban J connectivity index is 1.98. The molecule has 146 valence electrons. The molecule has 1 amide bonds. The lowest BCUT2D eigenvalue weighted by Gasteiger charge is -2.28. The number of nitrogens with zero attached hydrogens (tertiary/aromatic N) is 1. The molecule has 0 saturated carbocycles. The van der Waals surface area contributed by atoms with E-state index >= 15 is 0 Å². The van der Waals surface area contributed by atoms with Crippen molar-refractivity contribution in [1.29, 1.82) is 0 Å². The van der Waals surface area contributed by atoms with E-state index < -0.39 is 16.1 Å². The maximum Gasteiger partial charge on any atom is 0.243 e. The average Bonchev–Trinajstić information content (AvgIpc) is 2.60. The predicted octanol–water partition coefficient (Wildman–Crippen LogP) is 3.55. The third-order valence-corrected chi connectivity index (χ3v) is 5.87. The highest BCUT2D eigenvalue weighted by molar-refractivity contribution is 7.92. The van der Waals surface area contributed by atoms with Crippen molar-refractivity contribution >= 4 is 33.2 Å². The summed E-state index contributed by atoms with van der Waals surface area (Å²) in [5.41, 5.74) is 2.52. The summed E-state index contributed by atoms with van der Waals surface area (Å²) >= 11 is 6.13. The lowest BCUT2D eigenvalue weighted by molar-refractivity contribution is -0.121. The molecule has 1 unspecified atom stereocenters. The molecule has 0 bridgehead atoms. The minimum Gasteiger partial charge on any atom is -0.354 e. The van der Waals surface area contributed by atoms with E-state index in [0.717, 1.165) is 28.1 Å². The fourth-order valence-electron chi connectivity index (χ4n) is 2.84. The standard InChI is InChI=1S/C20H25ClN2O3S/c1-15-10-12-18(13-11-15)23(27(3,25)26)16(2)20(24)22-14-6-8-17-7-4-5-9-19(17)21/h4-5,7,9-13,16H,6,8,14H2,1-3H3,(H,22,24). The lowest BCUT2D eigenvalue weighted by Crippen LogP contribution is -2.48. The summed E-state index contributed by atoms with van der Waals surface area (Å²) in [6, 6.07) is 13.8. The van der Waals surface area contributed by atoms with Crippen LogP contribution in [0, 0.1) is 6.92 Å². The predicted molar refractivity (Wildman–Crippen MR) is 111 cm³/mol. The summed E-state index contributed by atoms with van der Waals surface area (Å²) in [4.78, 5) is 12.5. The van der Waals surface area contributed by atoms with Crippen molar-refractivity contribution in [3.63, 3.8) is 0 Å². The van der Waals surface area contributed by atoms with E-state index in [0.29, 0.717) is 23.7 Å². The van der Waals surface area contributed by atoms with Crippen molar-refractivity contribution < 1.29 is 13.2 Å². The van der Waals surface area contributed by atoms with Crippen molar-refractivity contribution in [2.75, 3.05) is 17.1 Å². The lowest BCUT2D eigenvalue weighted by atomic mass is 10.1. The van der Waals surface area contributed by atoms with Crippen LogP contribution < -0.4 is 9.62 Å². The molecule has 0 aliphatic carbocycles. The van der Waals surface area contributed by atoms with Crippen LogP contribution in [0.4, 0.5) is 5.69 Å². The topological polar surface area (TPSA) is 66.5 Å². The van der Waals surface area contributed by atoms with E-state index in [1.807, 2.05) is 43.3 Å². The maximum absolute atomic E-state index is 12.5. The monoisotopic (exact) mass is 408 g/mol. The summed E-state index contributed by atoms with van der Waals surface area (Å²) in [6.45, 7) is 3.95. The molecular formula is C20H25ClN2O3S.